The van der Waals surface area contributed by atoms with E-state index in [1.165, 1.54) is 0 Å². The Labute approximate surface area is 87.4 Å². The highest BCUT2D eigenvalue weighted by Gasteiger charge is 2.37. The molecule has 0 aromatic carbocycles. The fourth-order valence-corrected chi connectivity index (χ4v) is 1.75. The van der Waals surface area contributed by atoms with Crippen LogP contribution in [0, 0.1) is 5.92 Å². The molecule has 2 amide bonds. The van der Waals surface area contributed by atoms with Crippen LogP contribution in [0.25, 0.3) is 0 Å². The summed E-state index contributed by atoms with van der Waals surface area (Å²) >= 11 is 0. The molecule has 0 aromatic heterocycles. The van der Waals surface area contributed by atoms with Gasteiger partial charge >= 0.3 is 12.0 Å². The van der Waals surface area contributed by atoms with Gasteiger partial charge in [-0.25, -0.2) is 4.79 Å². The number of aliphatic carboxylic acids is 1. The minimum Gasteiger partial charge on any atom is -0.481 e. The van der Waals surface area contributed by atoms with Crippen molar-refractivity contribution in [3.05, 3.63) is 0 Å². The van der Waals surface area contributed by atoms with E-state index in [4.69, 9.17) is 9.84 Å². The molecule has 0 atom stereocenters. The van der Waals surface area contributed by atoms with Crippen LogP contribution in [0.5, 0.6) is 0 Å². The molecule has 0 bridgehead atoms. The van der Waals surface area contributed by atoms with Crippen LogP contribution in [0.15, 0.2) is 0 Å². The average molecular weight is 214 g/mol. The van der Waals surface area contributed by atoms with Crippen LogP contribution in [0.2, 0.25) is 0 Å². The van der Waals surface area contributed by atoms with Crippen molar-refractivity contribution in [3.63, 3.8) is 0 Å². The van der Waals surface area contributed by atoms with Gasteiger partial charge in [0.1, 0.15) is 0 Å². The number of amides is 2. The average Bonchev–Trinajstić information content (AvgIpc) is 2.16. The lowest BCUT2D eigenvalue weighted by molar-refractivity contribution is -0.146. The number of hydrogen-bond donors (Lipinski definition) is 1. The fraction of sp³-hybridized carbons (Fsp3) is 0.778. The number of carboxylic acids is 1. The summed E-state index contributed by atoms with van der Waals surface area (Å²) in [5, 5.41) is 8.67. The van der Waals surface area contributed by atoms with E-state index in [9.17, 15) is 9.59 Å². The summed E-state index contributed by atoms with van der Waals surface area (Å²) in [5.74, 6) is -1.20. The van der Waals surface area contributed by atoms with Crippen LogP contribution >= 0.6 is 0 Å². The van der Waals surface area contributed by atoms with Crippen molar-refractivity contribution >= 4 is 12.0 Å². The third-order valence-corrected chi connectivity index (χ3v) is 2.78. The van der Waals surface area contributed by atoms with Crippen LogP contribution < -0.4 is 0 Å². The Morgan fingerprint density at radius 2 is 1.73 bits per heavy atom. The van der Waals surface area contributed by atoms with Gasteiger partial charge in [0.15, 0.2) is 0 Å². The molecule has 0 aliphatic carbocycles. The summed E-state index contributed by atoms with van der Waals surface area (Å²) in [6, 6.07) is -0.0594. The van der Waals surface area contributed by atoms with E-state index >= 15 is 0 Å². The summed E-state index contributed by atoms with van der Waals surface area (Å²) in [7, 11) is 0. The van der Waals surface area contributed by atoms with Crippen molar-refractivity contribution in [2.45, 2.75) is 0 Å². The molecule has 0 radical (unpaired) electrons. The Morgan fingerprint density at radius 3 is 2.27 bits per heavy atom. The highest BCUT2D eigenvalue weighted by atomic mass is 16.5. The topological polar surface area (TPSA) is 70.1 Å². The number of rotatable bonds is 1. The van der Waals surface area contributed by atoms with Crippen molar-refractivity contribution in [2.24, 2.45) is 5.92 Å². The second kappa shape index (κ2) is 4.06. The Kier molecular flexibility index (Phi) is 2.77. The summed E-state index contributed by atoms with van der Waals surface area (Å²) in [6.45, 7) is 3.03. The molecular formula is C9H14N2O4. The molecule has 0 unspecified atom stereocenters. The lowest BCUT2D eigenvalue weighted by atomic mass is 10.0. The predicted octanol–water partition coefficient (Wildman–Crippen LogP) is -0.545. The molecule has 2 heterocycles. The Balaban J connectivity index is 1.80. The number of urea groups is 1. The van der Waals surface area contributed by atoms with Gasteiger partial charge in [-0.3, -0.25) is 4.79 Å². The van der Waals surface area contributed by atoms with Crippen LogP contribution in [-0.2, 0) is 9.53 Å². The smallest absolute Gasteiger partial charge is 0.320 e. The van der Waals surface area contributed by atoms with E-state index in [1.807, 2.05) is 0 Å². The van der Waals surface area contributed by atoms with E-state index in [0.29, 0.717) is 39.4 Å². The number of carbonyl (C=O) groups is 2. The van der Waals surface area contributed by atoms with E-state index in [0.717, 1.165) is 0 Å². The SMILES string of the molecule is O=C(O)C1CN(C(=O)N2CCOCC2)C1. The van der Waals surface area contributed by atoms with Crippen molar-refractivity contribution in [2.75, 3.05) is 39.4 Å². The number of carboxylic acid groups (broad SMARTS) is 1. The minimum absolute atomic E-state index is 0.0594. The number of carbonyl (C=O) groups excluding carboxylic acids is 1. The number of likely N-dealkylation sites (tertiary alicyclic amines) is 1. The van der Waals surface area contributed by atoms with Gasteiger partial charge in [0.2, 0.25) is 0 Å². The van der Waals surface area contributed by atoms with Crippen molar-refractivity contribution < 1.29 is 19.4 Å². The standard InChI is InChI=1S/C9H14N2O4/c12-8(13)7-5-11(6-7)9(14)10-1-3-15-4-2-10/h7H,1-6H2,(H,12,13). The molecule has 2 rings (SSSR count). The van der Waals surface area contributed by atoms with Gasteiger partial charge in [0.25, 0.3) is 0 Å². The quantitative estimate of drug-likeness (QED) is 0.636. The normalized spacial score (nSPS) is 22.4. The third kappa shape index (κ3) is 2.04. The first kappa shape index (κ1) is 10.2. The molecule has 2 fully saturated rings. The number of ether oxygens (including phenoxy) is 1. The Morgan fingerprint density at radius 1 is 1.13 bits per heavy atom. The maximum Gasteiger partial charge on any atom is 0.320 e. The lowest BCUT2D eigenvalue weighted by Gasteiger charge is -2.40. The van der Waals surface area contributed by atoms with Gasteiger partial charge in [-0.15, -0.1) is 0 Å². The number of nitrogens with zero attached hydrogens (tertiary/aromatic N) is 2. The van der Waals surface area contributed by atoms with Gasteiger partial charge in [-0.2, -0.15) is 0 Å². The van der Waals surface area contributed by atoms with Gasteiger partial charge in [0, 0.05) is 26.2 Å². The molecule has 0 spiro atoms. The number of hydrogen-bond acceptors (Lipinski definition) is 3. The molecule has 6 heteroatoms. The zero-order valence-electron chi connectivity index (χ0n) is 8.39. The first-order valence-corrected chi connectivity index (χ1v) is 5.03. The Bertz CT molecular complexity index is 269. The third-order valence-electron chi connectivity index (χ3n) is 2.78. The molecule has 0 saturated carbocycles. The molecule has 1 N–H and O–H groups in total. The van der Waals surface area contributed by atoms with E-state index in [1.54, 1.807) is 9.80 Å². The molecule has 0 aromatic rings. The summed E-state index contributed by atoms with van der Waals surface area (Å²) in [5.41, 5.74) is 0. The summed E-state index contributed by atoms with van der Waals surface area (Å²) in [6.07, 6.45) is 0. The van der Waals surface area contributed by atoms with Crippen LogP contribution in [0.4, 0.5) is 4.79 Å². The molecule has 6 nitrogen and oxygen atoms in total. The van der Waals surface area contributed by atoms with Crippen LogP contribution in [-0.4, -0.2) is 66.3 Å². The van der Waals surface area contributed by atoms with Gasteiger partial charge in [-0.05, 0) is 0 Å². The molecular weight excluding hydrogens is 200 g/mol. The maximum atomic E-state index is 11.8. The van der Waals surface area contributed by atoms with Gasteiger partial charge < -0.3 is 19.6 Å². The minimum atomic E-state index is -0.818. The second-order valence-corrected chi connectivity index (χ2v) is 3.82. The van der Waals surface area contributed by atoms with E-state index in [2.05, 4.69) is 0 Å². The maximum absolute atomic E-state index is 11.8. The van der Waals surface area contributed by atoms with E-state index < -0.39 is 5.97 Å². The van der Waals surface area contributed by atoms with E-state index in [-0.39, 0.29) is 11.9 Å². The predicted molar refractivity (Wildman–Crippen MR) is 50.5 cm³/mol. The zero-order chi connectivity index (χ0) is 10.8. The van der Waals surface area contributed by atoms with Crippen molar-refractivity contribution in [1.29, 1.82) is 0 Å². The van der Waals surface area contributed by atoms with Crippen LogP contribution in [0.1, 0.15) is 0 Å². The fourth-order valence-electron chi connectivity index (χ4n) is 1.75. The van der Waals surface area contributed by atoms with Crippen LogP contribution in [0.3, 0.4) is 0 Å². The first-order chi connectivity index (χ1) is 7.18. The largest absolute Gasteiger partial charge is 0.481 e. The zero-order valence-corrected chi connectivity index (χ0v) is 8.39. The second-order valence-electron chi connectivity index (χ2n) is 3.82. The van der Waals surface area contributed by atoms with Gasteiger partial charge in [-0.1, -0.05) is 0 Å². The Hall–Kier alpha value is -1.30. The molecule has 84 valence electrons. The monoisotopic (exact) mass is 214 g/mol. The van der Waals surface area contributed by atoms with Gasteiger partial charge in [0.05, 0.1) is 19.1 Å². The first-order valence-electron chi connectivity index (χ1n) is 5.03. The number of morpholine rings is 1. The molecule has 2 aliphatic rings. The molecule has 15 heavy (non-hydrogen) atoms. The lowest BCUT2D eigenvalue weighted by Crippen LogP contribution is -2.58. The summed E-state index contributed by atoms with van der Waals surface area (Å²) < 4.78 is 5.13. The highest BCUT2D eigenvalue weighted by Crippen LogP contribution is 2.17. The molecule has 2 saturated heterocycles. The highest BCUT2D eigenvalue weighted by molar-refractivity contribution is 5.79. The van der Waals surface area contributed by atoms with Crippen molar-refractivity contribution in [3.8, 4) is 0 Å². The summed E-state index contributed by atoms with van der Waals surface area (Å²) in [4.78, 5) is 25.6. The molecule has 2 aliphatic heterocycles. The van der Waals surface area contributed by atoms with Crippen molar-refractivity contribution in [1.82, 2.24) is 9.80 Å².